The van der Waals surface area contributed by atoms with Gasteiger partial charge in [-0.2, -0.15) is 0 Å². The number of rotatable bonds is 4. The number of nitrogens with one attached hydrogen (secondary N) is 2. The van der Waals surface area contributed by atoms with Crippen LogP contribution in [-0.2, 0) is 10.0 Å². The highest BCUT2D eigenvalue weighted by Gasteiger charge is 2.21. The van der Waals surface area contributed by atoms with Gasteiger partial charge < -0.3 is 15.1 Å². The molecule has 2 aliphatic heterocycles. The molecule has 2 fully saturated rings. The molecule has 1 amide bonds. The zero-order chi connectivity index (χ0) is 18.6. The highest BCUT2D eigenvalue weighted by Crippen LogP contribution is 2.29. The van der Waals surface area contributed by atoms with Gasteiger partial charge in [0.15, 0.2) is 0 Å². The van der Waals surface area contributed by atoms with Gasteiger partial charge in [-0.25, -0.2) is 8.42 Å². The van der Waals surface area contributed by atoms with Crippen LogP contribution in [0, 0.1) is 0 Å². The minimum absolute atomic E-state index is 0.0182. The van der Waals surface area contributed by atoms with E-state index >= 15 is 0 Å². The van der Waals surface area contributed by atoms with Crippen molar-refractivity contribution in [2.45, 2.75) is 25.7 Å². The summed E-state index contributed by atoms with van der Waals surface area (Å²) in [5.41, 5.74) is 1.84. The monoisotopic (exact) mass is 380 g/mol. The normalized spacial score (nSPS) is 19.1. The zero-order valence-corrected chi connectivity index (χ0v) is 16.1. The van der Waals surface area contributed by atoms with Gasteiger partial charge in [0, 0.05) is 44.8 Å². The number of hydrogen-bond donors (Lipinski definition) is 2. The van der Waals surface area contributed by atoms with Crippen molar-refractivity contribution >= 4 is 27.3 Å². The molecule has 3 rings (SSSR count). The maximum absolute atomic E-state index is 12.9. The molecule has 2 heterocycles. The molecule has 2 N–H and O–H groups in total. The molecule has 0 radical (unpaired) electrons. The van der Waals surface area contributed by atoms with Gasteiger partial charge >= 0.3 is 0 Å². The number of anilines is 2. The van der Waals surface area contributed by atoms with Gasteiger partial charge in [0.2, 0.25) is 10.0 Å². The van der Waals surface area contributed by atoms with Gasteiger partial charge in [-0.05, 0) is 31.0 Å². The van der Waals surface area contributed by atoms with E-state index in [9.17, 15) is 13.2 Å². The Labute approximate surface area is 155 Å². The number of nitrogens with zero attached hydrogens (tertiary/aromatic N) is 2. The molecule has 7 nitrogen and oxygen atoms in total. The van der Waals surface area contributed by atoms with E-state index in [0.717, 1.165) is 76.9 Å². The number of carbonyl (C=O) groups is 1. The van der Waals surface area contributed by atoms with Crippen LogP contribution in [0.1, 0.15) is 36.0 Å². The third kappa shape index (κ3) is 4.88. The average Bonchev–Trinajstić information content (AvgIpc) is 2.90. The second kappa shape index (κ2) is 8.26. The Morgan fingerprint density at radius 1 is 1.04 bits per heavy atom. The molecule has 2 aliphatic rings. The highest BCUT2D eigenvalue weighted by molar-refractivity contribution is 7.92. The number of likely N-dealkylation sites (tertiary alicyclic amines) is 1. The van der Waals surface area contributed by atoms with Crippen molar-refractivity contribution in [1.29, 1.82) is 0 Å². The SMILES string of the molecule is CS(=O)(=O)Nc1cc(C(=O)N2CCCCCC2)ccc1N1CCNCC1. The van der Waals surface area contributed by atoms with E-state index in [2.05, 4.69) is 14.9 Å². The van der Waals surface area contributed by atoms with Crippen molar-refractivity contribution in [2.24, 2.45) is 0 Å². The number of piperazine rings is 1. The average molecular weight is 381 g/mol. The summed E-state index contributed by atoms with van der Waals surface area (Å²) in [6.07, 6.45) is 5.51. The van der Waals surface area contributed by atoms with Gasteiger partial charge in [0.25, 0.3) is 5.91 Å². The molecule has 26 heavy (non-hydrogen) atoms. The van der Waals surface area contributed by atoms with Gasteiger partial charge in [-0.3, -0.25) is 9.52 Å². The molecule has 1 aromatic carbocycles. The number of hydrogen-bond acceptors (Lipinski definition) is 5. The number of benzene rings is 1. The van der Waals surface area contributed by atoms with Crippen LogP contribution in [0.4, 0.5) is 11.4 Å². The maximum Gasteiger partial charge on any atom is 0.253 e. The van der Waals surface area contributed by atoms with E-state index in [1.807, 2.05) is 17.0 Å². The van der Waals surface area contributed by atoms with E-state index < -0.39 is 10.0 Å². The molecular formula is C18H28N4O3S. The summed E-state index contributed by atoms with van der Waals surface area (Å²) >= 11 is 0. The Hall–Kier alpha value is -1.80. The van der Waals surface area contributed by atoms with Crippen LogP contribution in [0.25, 0.3) is 0 Å². The third-order valence-corrected chi connectivity index (χ3v) is 5.48. The first kappa shape index (κ1) is 19.0. The van der Waals surface area contributed by atoms with Crippen LogP contribution in [0.5, 0.6) is 0 Å². The Morgan fingerprint density at radius 3 is 2.31 bits per heavy atom. The van der Waals surface area contributed by atoms with Crippen LogP contribution < -0.4 is 14.9 Å². The predicted octanol–water partition coefficient (Wildman–Crippen LogP) is 1.48. The standard InChI is InChI=1S/C18H28N4O3S/c1-26(24,25)20-16-14-15(18(23)22-10-4-2-3-5-11-22)6-7-17(16)21-12-8-19-9-13-21/h6-7,14,19-20H,2-5,8-13H2,1H3. The van der Waals surface area contributed by atoms with E-state index in [-0.39, 0.29) is 5.91 Å². The quantitative estimate of drug-likeness (QED) is 0.827. The lowest BCUT2D eigenvalue weighted by Crippen LogP contribution is -2.43. The highest BCUT2D eigenvalue weighted by atomic mass is 32.2. The molecule has 0 bridgehead atoms. The van der Waals surface area contributed by atoms with Crippen LogP contribution in [0.3, 0.4) is 0 Å². The first-order valence-electron chi connectivity index (χ1n) is 9.31. The smallest absolute Gasteiger partial charge is 0.253 e. The first-order chi connectivity index (χ1) is 12.4. The molecule has 0 spiro atoms. The topological polar surface area (TPSA) is 81.8 Å². The van der Waals surface area contributed by atoms with Crippen molar-refractivity contribution in [3.8, 4) is 0 Å². The van der Waals surface area contributed by atoms with Gasteiger partial charge in [-0.15, -0.1) is 0 Å². The Morgan fingerprint density at radius 2 is 1.69 bits per heavy atom. The summed E-state index contributed by atoms with van der Waals surface area (Å²) in [5, 5.41) is 3.29. The number of carbonyl (C=O) groups excluding carboxylic acids is 1. The maximum atomic E-state index is 12.9. The minimum atomic E-state index is -3.43. The van der Waals surface area contributed by atoms with Gasteiger partial charge in [-0.1, -0.05) is 12.8 Å². The Balaban J connectivity index is 1.89. The number of amides is 1. The molecule has 0 saturated carbocycles. The van der Waals surface area contributed by atoms with Crippen LogP contribution in [0.15, 0.2) is 18.2 Å². The molecule has 0 atom stereocenters. The van der Waals surface area contributed by atoms with E-state index in [0.29, 0.717) is 11.3 Å². The summed E-state index contributed by atoms with van der Waals surface area (Å²) in [4.78, 5) is 16.9. The predicted molar refractivity (Wildman–Crippen MR) is 104 cm³/mol. The summed E-state index contributed by atoms with van der Waals surface area (Å²) in [6.45, 7) is 4.86. The van der Waals surface area contributed by atoms with Crippen molar-refractivity contribution < 1.29 is 13.2 Å². The lowest BCUT2D eigenvalue weighted by molar-refractivity contribution is 0.0761. The second-order valence-electron chi connectivity index (χ2n) is 7.05. The summed E-state index contributed by atoms with van der Waals surface area (Å²) < 4.78 is 26.3. The van der Waals surface area contributed by atoms with Gasteiger partial charge in [0.1, 0.15) is 0 Å². The van der Waals surface area contributed by atoms with Crippen molar-refractivity contribution in [3.63, 3.8) is 0 Å². The number of sulfonamides is 1. The van der Waals surface area contributed by atoms with Crippen molar-refractivity contribution in [1.82, 2.24) is 10.2 Å². The van der Waals surface area contributed by atoms with Crippen LogP contribution in [-0.4, -0.2) is 64.7 Å². The second-order valence-corrected chi connectivity index (χ2v) is 8.80. The Kier molecular flexibility index (Phi) is 6.03. The molecule has 0 aliphatic carbocycles. The molecule has 144 valence electrons. The largest absolute Gasteiger partial charge is 0.367 e. The van der Waals surface area contributed by atoms with E-state index in [1.165, 1.54) is 0 Å². The Bertz CT molecular complexity index is 737. The molecule has 2 saturated heterocycles. The molecule has 0 unspecified atom stereocenters. The fourth-order valence-electron chi connectivity index (χ4n) is 3.59. The van der Waals surface area contributed by atoms with Gasteiger partial charge in [0.05, 0.1) is 17.6 Å². The third-order valence-electron chi connectivity index (χ3n) is 4.89. The van der Waals surface area contributed by atoms with E-state index in [4.69, 9.17) is 0 Å². The molecule has 0 aromatic heterocycles. The lowest BCUT2D eigenvalue weighted by atomic mass is 10.1. The first-order valence-corrected chi connectivity index (χ1v) is 11.2. The van der Waals surface area contributed by atoms with Crippen molar-refractivity contribution in [3.05, 3.63) is 23.8 Å². The summed E-state index contributed by atoms with van der Waals surface area (Å²) in [6, 6.07) is 5.37. The van der Waals surface area contributed by atoms with Crippen LogP contribution >= 0.6 is 0 Å². The zero-order valence-electron chi connectivity index (χ0n) is 15.3. The van der Waals surface area contributed by atoms with Crippen LogP contribution in [0.2, 0.25) is 0 Å². The fraction of sp³-hybridized carbons (Fsp3) is 0.611. The summed E-state index contributed by atoms with van der Waals surface area (Å²) in [5.74, 6) is -0.0182. The van der Waals surface area contributed by atoms with Crippen molar-refractivity contribution in [2.75, 3.05) is 55.1 Å². The molecular weight excluding hydrogens is 352 g/mol. The molecule has 1 aromatic rings. The summed E-state index contributed by atoms with van der Waals surface area (Å²) in [7, 11) is -3.43. The van der Waals surface area contributed by atoms with E-state index in [1.54, 1.807) is 6.07 Å². The fourth-order valence-corrected chi connectivity index (χ4v) is 4.15. The molecule has 8 heteroatoms. The minimum Gasteiger partial charge on any atom is -0.367 e. The lowest BCUT2D eigenvalue weighted by Gasteiger charge is -2.31.